The summed E-state index contributed by atoms with van der Waals surface area (Å²) in [5, 5.41) is 4.10. The zero-order valence-corrected chi connectivity index (χ0v) is 15.1. The minimum atomic E-state index is -0.353. The van der Waals surface area contributed by atoms with Crippen LogP contribution in [0.4, 0.5) is 0 Å². The molecule has 2 heterocycles. The number of fused-ring (bicyclic) bond motifs is 1. The summed E-state index contributed by atoms with van der Waals surface area (Å²) >= 11 is 0. The summed E-state index contributed by atoms with van der Waals surface area (Å²) < 4.78 is 1.59. The number of rotatable bonds is 3. The van der Waals surface area contributed by atoms with Crippen LogP contribution in [-0.4, -0.2) is 31.4 Å². The summed E-state index contributed by atoms with van der Waals surface area (Å²) in [5.41, 5.74) is 9.61. The van der Waals surface area contributed by atoms with E-state index in [1.54, 1.807) is 10.6 Å². The van der Waals surface area contributed by atoms with E-state index in [9.17, 15) is 9.59 Å². The third kappa shape index (κ3) is 3.39. The number of nitrogens with zero attached hydrogens (tertiary/aromatic N) is 4. The fourth-order valence-corrected chi connectivity index (χ4v) is 2.88. The Morgan fingerprint density at radius 1 is 1.12 bits per heavy atom. The molecule has 26 heavy (non-hydrogen) atoms. The zero-order valence-electron chi connectivity index (χ0n) is 15.1. The Hall–Kier alpha value is -3.29. The fourth-order valence-electron chi connectivity index (χ4n) is 2.88. The Labute approximate surface area is 150 Å². The van der Waals surface area contributed by atoms with Gasteiger partial charge in [0.05, 0.1) is 6.42 Å². The molecule has 3 aromatic rings. The average molecular weight is 352 g/mol. The van der Waals surface area contributed by atoms with Gasteiger partial charge in [-0.15, -0.1) is 0 Å². The van der Waals surface area contributed by atoms with Gasteiger partial charge in [-0.25, -0.2) is 9.50 Å². The molecule has 0 fully saturated rings. The molecular formula is C18H20N6O2. The monoisotopic (exact) mass is 352 g/mol. The van der Waals surface area contributed by atoms with Crippen molar-refractivity contribution in [2.75, 3.05) is 0 Å². The Bertz CT molecular complexity index is 1010. The van der Waals surface area contributed by atoms with Crippen molar-refractivity contribution in [1.82, 2.24) is 30.4 Å². The van der Waals surface area contributed by atoms with Crippen LogP contribution in [0.5, 0.6) is 0 Å². The molecule has 0 aliphatic rings. The summed E-state index contributed by atoms with van der Waals surface area (Å²) in [6, 6.07) is 5.51. The molecule has 0 bridgehead atoms. The van der Waals surface area contributed by atoms with Crippen molar-refractivity contribution in [3.8, 4) is 0 Å². The Morgan fingerprint density at radius 2 is 1.88 bits per heavy atom. The van der Waals surface area contributed by atoms with Crippen LogP contribution in [0, 0.1) is 27.7 Å². The van der Waals surface area contributed by atoms with Crippen molar-refractivity contribution in [2.45, 2.75) is 34.1 Å². The molecule has 0 aliphatic carbocycles. The summed E-state index contributed by atoms with van der Waals surface area (Å²) in [6.07, 6.45) is 1.50. The predicted molar refractivity (Wildman–Crippen MR) is 95.5 cm³/mol. The van der Waals surface area contributed by atoms with Crippen LogP contribution >= 0.6 is 0 Å². The van der Waals surface area contributed by atoms with E-state index in [1.807, 2.05) is 39.8 Å². The maximum atomic E-state index is 12.3. The van der Waals surface area contributed by atoms with Crippen molar-refractivity contribution in [3.05, 3.63) is 58.2 Å². The number of hydrogen-bond acceptors (Lipinski definition) is 5. The normalized spacial score (nSPS) is 10.8. The summed E-state index contributed by atoms with van der Waals surface area (Å²) in [7, 11) is 0. The van der Waals surface area contributed by atoms with Crippen LogP contribution < -0.4 is 10.9 Å². The molecule has 3 rings (SSSR count). The maximum Gasteiger partial charge on any atom is 0.269 e. The smallest absolute Gasteiger partial charge is 0.269 e. The highest BCUT2D eigenvalue weighted by Gasteiger charge is 2.15. The Kier molecular flexibility index (Phi) is 4.66. The fraction of sp³-hybridized carbons (Fsp3) is 0.278. The van der Waals surface area contributed by atoms with E-state index in [4.69, 9.17) is 0 Å². The van der Waals surface area contributed by atoms with Gasteiger partial charge in [-0.3, -0.25) is 20.4 Å². The second kappa shape index (κ2) is 6.91. The maximum absolute atomic E-state index is 12.3. The lowest BCUT2D eigenvalue weighted by molar-refractivity contribution is -0.121. The summed E-state index contributed by atoms with van der Waals surface area (Å²) in [4.78, 5) is 32.9. The zero-order chi connectivity index (χ0) is 18.8. The van der Waals surface area contributed by atoms with E-state index in [2.05, 4.69) is 25.9 Å². The third-order valence-corrected chi connectivity index (χ3v) is 4.27. The number of hydrogen-bond donors (Lipinski definition) is 2. The largest absolute Gasteiger partial charge is 0.273 e. The lowest BCUT2D eigenvalue weighted by atomic mass is 10.1. The van der Waals surface area contributed by atoms with Gasteiger partial charge in [0.15, 0.2) is 0 Å². The van der Waals surface area contributed by atoms with Gasteiger partial charge in [-0.1, -0.05) is 17.7 Å². The molecule has 0 saturated heterocycles. The van der Waals surface area contributed by atoms with Crippen molar-refractivity contribution < 1.29 is 9.59 Å². The molecule has 2 N–H and O–H groups in total. The van der Waals surface area contributed by atoms with Crippen LogP contribution in [0.1, 0.15) is 38.4 Å². The van der Waals surface area contributed by atoms with Crippen molar-refractivity contribution in [3.63, 3.8) is 0 Å². The molecule has 2 amide bonds. The van der Waals surface area contributed by atoms with Crippen molar-refractivity contribution in [2.24, 2.45) is 0 Å². The highest BCUT2D eigenvalue weighted by molar-refractivity contribution is 5.96. The van der Waals surface area contributed by atoms with Gasteiger partial charge in [0.25, 0.3) is 11.7 Å². The highest BCUT2D eigenvalue weighted by Crippen LogP contribution is 2.13. The minimum Gasteiger partial charge on any atom is -0.273 e. The molecule has 0 unspecified atom stereocenters. The van der Waals surface area contributed by atoms with Gasteiger partial charge >= 0.3 is 0 Å². The van der Waals surface area contributed by atoms with Gasteiger partial charge < -0.3 is 0 Å². The standard InChI is InChI=1S/C18H20N6O2/c1-10-5-6-14(11(2)7-10)17(26)23-22-16(25)8-15-12(3)21-18-19-9-20-24(18)13(15)4/h5-7,9H,8H2,1-4H3,(H,22,25)(H,23,26). The number of carbonyl (C=O) groups excluding carboxylic acids is 2. The number of nitrogens with one attached hydrogen (secondary N) is 2. The molecule has 0 saturated carbocycles. The lowest BCUT2D eigenvalue weighted by Gasteiger charge is -2.12. The third-order valence-electron chi connectivity index (χ3n) is 4.27. The Balaban J connectivity index is 1.69. The van der Waals surface area contributed by atoms with Crippen LogP contribution in [0.2, 0.25) is 0 Å². The minimum absolute atomic E-state index is 0.0770. The van der Waals surface area contributed by atoms with Gasteiger partial charge in [0.2, 0.25) is 5.91 Å². The molecule has 1 aromatic carbocycles. The molecule has 8 heteroatoms. The number of amides is 2. The lowest BCUT2D eigenvalue weighted by Crippen LogP contribution is -2.42. The van der Waals surface area contributed by atoms with Crippen LogP contribution in [0.25, 0.3) is 5.78 Å². The van der Waals surface area contributed by atoms with Gasteiger partial charge in [0, 0.05) is 22.5 Å². The predicted octanol–water partition coefficient (Wildman–Crippen LogP) is 1.36. The van der Waals surface area contributed by atoms with Crippen LogP contribution in [0.3, 0.4) is 0 Å². The van der Waals surface area contributed by atoms with Crippen LogP contribution in [0.15, 0.2) is 24.5 Å². The number of aryl methyl sites for hydroxylation is 4. The van der Waals surface area contributed by atoms with Gasteiger partial charge in [-0.05, 0) is 39.3 Å². The molecule has 134 valence electrons. The quantitative estimate of drug-likeness (QED) is 0.693. The molecule has 0 spiro atoms. The van der Waals surface area contributed by atoms with Crippen molar-refractivity contribution in [1.29, 1.82) is 0 Å². The van der Waals surface area contributed by atoms with E-state index >= 15 is 0 Å². The van der Waals surface area contributed by atoms with E-state index in [0.717, 1.165) is 22.4 Å². The number of aromatic nitrogens is 4. The first kappa shape index (κ1) is 17.5. The number of benzene rings is 1. The number of carbonyl (C=O) groups is 2. The second-order valence-corrected chi connectivity index (χ2v) is 6.23. The van der Waals surface area contributed by atoms with E-state index in [1.165, 1.54) is 6.33 Å². The molecule has 2 aromatic heterocycles. The molecule has 0 radical (unpaired) electrons. The SMILES string of the molecule is Cc1ccc(C(=O)NNC(=O)Cc2c(C)nc3ncnn3c2C)c(C)c1. The summed E-state index contributed by atoms with van der Waals surface area (Å²) in [5.74, 6) is -0.197. The second-order valence-electron chi connectivity index (χ2n) is 6.23. The van der Waals surface area contributed by atoms with Crippen molar-refractivity contribution >= 4 is 17.6 Å². The van der Waals surface area contributed by atoms with Gasteiger partial charge in [-0.2, -0.15) is 10.1 Å². The topological polar surface area (TPSA) is 101 Å². The van der Waals surface area contributed by atoms with Crippen LogP contribution in [-0.2, 0) is 11.2 Å². The molecular weight excluding hydrogens is 332 g/mol. The van der Waals surface area contributed by atoms with E-state index in [-0.39, 0.29) is 18.2 Å². The molecule has 0 aliphatic heterocycles. The highest BCUT2D eigenvalue weighted by atomic mass is 16.2. The van der Waals surface area contributed by atoms with E-state index < -0.39 is 0 Å². The average Bonchev–Trinajstić information content (AvgIpc) is 3.05. The Morgan fingerprint density at radius 3 is 2.62 bits per heavy atom. The molecule has 0 atom stereocenters. The first-order valence-electron chi connectivity index (χ1n) is 8.19. The van der Waals surface area contributed by atoms with Gasteiger partial charge in [0.1, 0.15) is 6.33 Å². The summed E-state index contributed by atoms with van der Waals surface area (Å²) in [6.45, 7) is 7.49. The number of hydrazine groups is 1. The molecule has 8 nitrogen and oxygen atoms in total. The first-order valence-corrected chi connectivity index (χ1v) is 8.19. The van der Waals surface area contributed by atoms with E-state index in [0.29, 0.717) is 17.0 Å². The first-order chi connectivity index (χ1) is 12.4.